The lowest BCUT2D eigenvalue weighted by atomic mass is 9.99. The maximum absolute atomic E-state index is 13.0. The van der Waals surface area contributed by atoms with Crippen LogP contribution in [0.4, 0.5) is 18.9 Å². The van der Waals surface area contributed by atoms with Crippen molar-refractivity contribution in [2.45, 2.75) is 18.6 Å². The second-order valence-electron chi connectivity index (χ2n) is 5.22. The molecular weight excluding hydrogens is 327 g/mol. The average Bonchev–Trinajstić information content (AvgIpc) is 2.52. The van der Waals surface area contributed by atoms with Crippen molar-refractivity contribution in [1.82, 2.24) is 4.98 Å². The van der Waals surface area contributed by atoms with E-state index in [4.69, 9.17) is 10.5 Å². The van der Waals surface area contributed by atoms with Gasteiger partial charge in [-0.05, 0) is 36.2 Å². The molecule has 0 spiro atoms. The fraction of sp³-hybridized carbons (Fsp3) is 0.200. The Morgan fingerprint density at radius 1 is 1.33 bits per heavy atom. The number of ether oxygens (including phenoxy) is 1. The molecule has 2 aromatic rings. The molecule has 1 unspecified atom stereocenters. The van der Waals surface area contributed by atoms with Gasteiger partial charge in [-0.2, -0.15) is 18.2 Å². The number of pyridine rings is 1. The summed E-state index contributed by atoms with van der Waals surface area (Å²) in [6.45, 7) is 0. The molecule has 1 amide bonds. The van der Waals surface area contributed by atoms with Crippen LogP contribution in [0.5, 0.6) is 11.5 Å². The molecule has 1 aromatic carbocycles. The van der Waals surface area contributed by atoms with Crippen LogP contribution < -0.4 is 15.5 Å². The van der Waals surface area contributed by atoms with Crippen molar-refractivity contribution >= 4 is 11.6 Å². The smallest absolute Gasteiger partial charge is 0.421 e. The minimum Gasteiger partial charge on any atom is -0.457 e. The Labute approximate surface area is 134 Å². The van der Waals surface area contributed by atoms with Crippen LogP contribution >= 0.6 is 0 Å². The third kappa shape index (κ3) is 2.91. The van der Waals surface area contributed by atoms with E-state index in [0.29, 0.717) is 16.8 Å². The Balaban J connectivity index is 1.94. The number of aromatic nitrogens is 1. The SMILES string of the molecule is NC1Cc2cc(Oc3ccncc3C(F)(F)F)ccc2N(O)C1=O. The van der Waals surface area contributed by atoms with E-state index in [9.17, 15) is 23.2 Å². The van der Waals surface area contributed by atoms with Gasteiger partial charge in [-0.3, -0.25) is 15.0 Å². The van der Waals surface area contributed by atoms with Crippen LogP contribution in [0.25, 0.3) is 0 Å². The first kappa shape index (κ1) is 16.2. The fourth-order valence-electron chi connectivity index (χ4n) is 2.41. The van der Waals surface area contributed by atoms with E-state index in [1.807, 2.05) is 0 Å². The van der Waals surface area contributed by atoms with Crippen molar-refractivity contribution in [3.05, 3.63) is 47.8 Å². The average molecular weight is 339 g/mol. The van der Waals surface area contributed by atoms with Crippen LogP contribution in [0, 0.1) is 0 Å². The number of rotatable bonds is 2. The number of carbonyl (C=O) groups excluding carboxylic acids is 1. The fourth-order valence-corrected chi connectivity index (χ4v) is 2.41. The van der Waals surface area contributed by atoms with Gasteiger partial charge in [0.1, 0.15) is 17.1 Å². The number of alkyl halides is 3. The molecule has 1 aliphatic heterocycles. The number of fused-ring (bicyclic) bond motifs is 1. The summed E-state index contributed by atoms with van der Waals surface area (Å²) in [4.78, 5) is 15.1. The third-order valence-corrected chi connectivity index (χ3v) is 3.56. The number of halogens is 3. The predicted molar refractivity (Wildman–Crippen MR) is 76.7 cm³/mol. The lowest BCUT2D eigenvalue weighted by Crippen LogP contribution is -2.47. The third-order valence-electron chi connectivity index (χ3n) is 3.56. The van der Waals surface area contributed by atoms with Gasteiger partial charge in [0, 0.05) is 12.4 Å². The Morgan fingerprint density at radius 3 is 2.79 bits per heavy atom. The highest BCUT2D eigenvalue weighted by Gasteiger charge is 2.35. The largest absolute Gasteiger partial charge is 0.457 e. The highest BCUT2D eigenvalue weighted by atomic mass is 19.4. The van der Waals surface area contributed by atoms with E-state index in [-0.39, 0.29) is 17.9 Å². The first-order valence-corrected chi connectivity index (χ1v) is 6.88. The number of hydrogen-bond acceptors (Lipinski definition) is 5. The molecular formula is C15H12F3N3O3. The number of hydroxylamine groups is 1. The molecule has 1 aliphatic rings. The van der Waals surface area contributed by atoms with Gasteiger partial charge in [-0.25, -0.2) is 0 Å². The number of nitrogens with zero attached hydrogens (tertiary/aromatic N) is 2. The number of hydrogen-bond donors (Lipinski definition) is 2. The molecule has 9 heteroatoms. The zero-order valence-electron chi connectivity index (χ0n) is 12.1. The Kier molecular flexibility index (Phi) is 3.90. The summed E-state index contributed by atoms with van der Waals surface area (Å²) in [7, 11) is 0. The molecule has 0 aliphatic carbocycles. The van der Waals surface area contributed by atoms with E-state index < -0.39 is 29.4 Å². The molecule has 0 radical (unpaired) electrons. The number of nitrogens with two attached hydrogens (primary N) is 1. The molecule has 24 heavy (non-hydrogen) atoms. The summed E-state index contributed by atoms with van der Waals surface area (Å²) in [5.74, 6) is -0.917. The molecule has 3 N–H and O–H groups in total. The van der Waals surface area contributed by atoms with Gasteiger partial charge in [0.15, 0.2) is 0 Å². The second kappa shape index (κ2) is 5.77. The first-order chi connectivity index (χ1) is 11.3. The first-order valence-electron chi connectivity index (χ1n) is 6.88. The minimum atomic E-state index is -4.60. The Hall–Kier alpha value is -2.65. The molecule has 0 saturated carbocycles. The lowest BCUT2D eigenvalue weighted by Gasteiger charge is -2.27. The molecule has 1 aromatic heterocycles. The van der Waals surface area contributed by atoms with Crippen LogP contribution in [-0.4, -0.2) is 22.1 Å². The van der Waals surface area contributed by atoms with Crippen molar-refractivity contribution in [1.29, 1.82) is 0 Å². The molecule has 6 nitrogen and oxygen atoms in total. The van der Waals surface area contributed by atoms with Crippen LogP contribution in [0.15, 0.2) is 36.7 Å². The van der Waals surface area contributed by atoms with Gasteiger partial charge in [-0.1, -0.05) is 0 Å². The van der Waals surface area contributed by atoms with Crippen LogP contribution in [0.2, 0.25) is 0 Å². The number of benzene rings is 1. The molecule has 2 heterocycles. The van der Waals surface area contributed by atoms with Gasteiger partial charge >= 0.3 is 6.18 Å². The number of carbonyl (C=O) groups is 1. The summed E-state index contributed by atoms with van der Waals surface area (Å²) in [5, 5.41) is 10.2. The zero-order chi connectivity index (χ0) is 17.5. The highest BCUT2D eigenvalue weighted by molar-refractivity contribution is 5.98. The summed E-state index contributed by atoms with van der Waals surface area (Å²) >= 11 is 0. The summed E-state index contributed by atoms with van der Waals surface area (Å²) < 4.78 is 44.2. The highest BCUT2D eigenvalue weighted by Crippen LogP contribution is 2.38. The topological polar surface area (TPSA) is 88.7 Å². The number of anilines is 1. The quantitative estimate of drug-likeness (QED) is 0.821. The second-order valence-corrected chi connectivity index (χ2v) is 5.22. The van der Waals surface area contributed by atoms with Crippen molar-refractivity contribution in [2.75, 3.05) is 5.06 Å². The molecule has 0 fully saturated rings. The maximum Gasteiger partial charge on any atom is 0.421 e. The Bertz CT molecular complexity index is 795. The van der Waals surface area contributed by atoms with E-state index in [1.54, 1.807) is 0 Å². The van der Waals surface area contributed by atoms with E-state index in [1.165, 1.54) is 24.4 Å². The summed E-state index contributed by atoms with van der Waals surface area (Å²) in [5.41, 5.74) is 5.33. The normalized spacial score (nSPS) is 17.6. The van der Waals surface area contributed by atoms with E-state index >= 15 is 0 Å². The monoisotopic (exact) mass is 339 g/mol. The lowest BCUT2D eigenvalue weighted by molar-refractivity contribution is -0.138. The summed E-state index contributed by atoms with van der Waals surface area (Å²) in [6.07, 6.45) is -2.59. The maximum atomic E-state index is 13.0. The van der Waals surface area contributed by atoms with Gasteiger partial charge in [0.05, 0.1) is 11.7 Å². The van der Waals surface area contributed by atoms with Crippen LogP contribution in [0.3, 0.4) is 0 Å². The zero-order valence-corrected chi connectivity index (χ0v) is 12.1. The van der Waals surface area contributed by atoms with Crippen molar-refractivity contribution in [2.24, 2.45) is 5.73 Å². The molecule has 3 rings (SSSR count). The van der Waals surface area contributed by atoms with Gasteiger partial charge in [-0.15, -0.1) is 0 Å². The molecule has 0 bridgehead atoms. The van der Waals surface area contributed by atoms with Crippen molar-refractivity contribution < 1.29 is 27.9 Å². The van der Waals surface area contributed by atoms with Crippen LogP contribution in [0.1, 0.15) is 11.1 Å². The number of amides is 1. The predicted octanol–water partition coefficient (Wildman–Crippen LogP) is 2.50. The van der Waals surface area contributed by atoms with Gasteiger partial charge < -0.3 is 10.5 Å². The standard InChI is InChI=1S/C15H12F3N3O3/c16-15(17,18)10-7-20-4-3-13(10)24-9-1-2-12-8(5-9)6-11(19)14(22)21(12)23/h1-5,7,11,23H,6,19H2. The molecule has 126 valence electrons. The molecule has 0 saturated heterocycles. The van der Waals surface area contributed by atoms with Crippen molar-refractivity contribution in [3.8, 4) is 11.5 Å². The molecule has 1 atom stereocenters. The van der Waals surface area contributed by atoms with E-state index in [0.717, 1.165) is 6.07 Å². The summed E-state index contributed by atoms with van der Waals surface area (Å²) in [6, 6.07) is 4.35. The minimum absolute atomic E-state index is 0.125. The van der Waals surface area contributed by atoms with Gasteiger partial charge in [0.2, 0.25) is 0 Å². The Morgan fingerprint density at radius 2 is 2.08 bits per heavy atom. The van der Waals surface area contributed by atoms with E-state index in [2.05, 4.69) is 4.98 Å². The van der Waals surface area contributed by atoms with Crippen LogP contribution in [-0.2, 0) is 17.4 Å². The van der Waals surface area contributed by atoms with Gasteiger partial charge in [0.25, 0.3) is 5.91 Å². The van der Waals surface area contributed by atoms with Crippen molar-refractivity contribution in [3.63, 3.8) is 0 Å².